The van der Waals surface area contributed by atoms with Crippen molar-refractivity contribution in [2.75, 3.05) is 0 Å². The van der Waals surface area contributed by atoms with E-state index in [-0.39, 0.29) is 11.7 Å². The standard InChI is InChI=1S/C21H18FN5OS/c1-14-19(20(28)24-12-16-3-2-9-23-11-16)29-21(25-14)18-8-10-27(26-18)13-15-4-6-17(22)7-5-15/h2-11H,12-13H2,1H3,(H,24,28). The third-order valence-corrected chi connectivity index (χ3v) is 5.47. The van der Waals surface area contributed by atoms with Crippen LogP contribution in [-0.2, 0) is 13.1 Å². The van der Waals surface area contributed by atoms with Crippen LogP contribution >= 0.6 is 11.3 Å². The van der Waals surface area contributed by atoms with Crippen LogP contribution in [0.2, 0.25) is 0 Å². The molecule has 0 aliphatic heterocycles. The summed E-state index contributed by atoms with van der Waals surface area (Å²) in [5.41, 5.74) is 3.25. The maximum absolute atomic E-state index is 13.0. The lowest BCUT2D eigenvalue weighted by Crippen LogP contribution is -2.22. The normalized spacial score (nSPS) is 10.8. The quantitative estimate of drug-likeness (QED) is 0.527. The maximum atomic E-state index is 13.0. The highest BCUT2D eigenvalue weighted by molar-refractivity contribution is 7.17. The summed E-state index contributed by atoms with van der Waals surface area (Å²) >= 11 is 1.31. The van der Waals surface area contributed by atoms with E-state index in [1.54, 1.807) is 29.2 Å². The molecule has 8 heteroatoms. The molecule has 0 aliphatic carbocycles. The van der Waals surface area contributed by atoms with Crippen LogP contribution in [0.3, 0.4) is 0 Å². The van der Waals surface area contributed by atoms with Crippen molar-refractivity contribution in [1.82, 2.24) is 25.1 Å². The van der Waals surface area contributed by atoms with E-state index in [0.29, 0.717) is 34.4 Å². The summed E-state index contributed by atoms with van der Waals surface area (Å²) in [5, 5.41) is 8.12. The summed E-state index contributed by atoms with van der Waals surface area (Å²) in [4.78, 5) is 21.7. The lowest BCUT2D eigenvalue weighted by atomic mass is 10.2. The van der Waals surface area contributed by atoms with Crippen LogP contribution in [0.25, 0.3) is 10.7 Å². The maximum Gasteiger partial charge on any atom is 0.263 e. The molecule has 3 aromatic heterocycles. The lowest BCUT2D eigenvalue weighted by molar-refractivity contribution is 0.0954. The van der Waals surface area contributed by atoms with Gasteiger partial charge in [0.15, 0.2) is 0 Å². The third kappa shape index (κ3) is 4.55. The number of carbonyl (C=O) groups excluding carboxylic acids is 1. The van der Waals surface area contributed by atoms with Crippen molar-refractivity contribution in [2.24, 2.45) is 0 Å². The highest BCUT2D eigenvalue weighted by atomic mass is 32.1. The van der Waals surface area contributed by atoms with Crippen LogP contribution in [0.5, 0.6) is 0 Å². The third-order valence-electron chi connectivity index (χ3n) is 4.30. The number of halogens is 1. The van der Waals surface area contributed by atoms with Gasteiger partial charge in [-0.05, 0) is 42.3 Å². The highest BCUT2D eigenvalue weighted by Gasteiger charge is 2.17. The van der Waals surface area contributed by atoms with Gasteiger partial charge in [-0.25, -0.2) is 9.37 Å². The molecule has 0 fully saturated rings. The lowest BCUT2D eigenvalue weighted by Gasteiger charge is -2.03. The Bertz CT molecular complexity index is 1120. The number of aryl methyl sites for hydroxylation is 1. The van der Waals surface area contributed by atoms with Crippen molar-refractivity contribution in [3.8, 4) is 10.7 Å². The Morgan fingerprint density at radius 2 is 2.00 bits per heavy atom. The molecule has 0 unspecified atom stereocenters. The SMILES string of the molecule is Cc1nc(-c2ccn(Cc3ccc(F)cc3)n2)sc1C(=O)NCc1cccnc1. The molecular formula is C21H18FN5OS. The fourth-order valence-corrected chi connectivity index (χ4v) is 3.77. The number of nitrogens with one attached hydrogen (secondary N) is 1. The van der Waals surface area contributed by atoms with E-state index in [1.165, 1.54) is 23.5 Å². The first-order chi connectivity index (χ1) is 14.1. The fourth-order valence-electron chi connectivity index (χ4n) is 2.82. The molecule has 146 valence electrons. The van der Waals surface area contributed by atoms with Crippen LogP contribution in [0.15, 0.2) is 61.1 Å². The topological polar surface area (TPSA) is 72.7 Å². The molecular weight excluding hydrogens is 389 g/mol. The molecule has 4 aromatic rings. The van der Waals surface area contributed by atoms with Gasteiger partial charge in [-0.3, -0.25) is 14.5 Å². The molecule has 0 saturated heterocycles. The monoisotopic (exact) mass is 407 g/mol. The van der Waals surface area contributed by atoms with Gasteiger partial charge in [-0.15, -0.1) is 11.3 Å². The molecule has 6 nitrogen and oxygen atoms in total. The first-order valence-electron chi connectivity index (χ1n) is 9.01. The number of amides is 1. The molecule has 0 bridgehead atoms. The number of benzene rings is 1. The second kappa shape index (κ2) is 8.32. The Labute approximate surface area is 171 Å². The van der Waals surface area contributed by atoms with Crippen molar-refractivity contribution >= 4 is 17.2 Å². The average molecular weight is 407 g/mol. The van der Waals surface area contributed by atoms with Crippen molar-refractivity contribution in [2.45, 2.75) is 20.0 Å². The van der Waals surface area contributed by atoms with Crippen LogP contribution in [0.1, 0.15) is 26.5 Å². The second-order valence-electron chi connectivity index (χ2n) is 6.50. The van der Waals surface area contributed by atoms with E-state index in [2.05, 4.69) is 20.4 Å². The number of pyridine rings is 1. The predicted octanol–water partition coefficient (Wildman–Crippen LogP) is 3.83. The zero-order valence-corrected chi connectivity index (χ0v) is 16.5. The Kier molecular flexibility index (Phi) is 5.44. The number of aromatic nitrogens is 4. The zero-order valence-electron chi connectivity index (χ0n) is 15.7. The van der Waals surface area contributed by atoms with E-state index in [0.717, 1.165) is 11.1 Å². The molecule has 1 amide bonds. The minimum absolute atomic E-state index is 0.166. The Balaban J connectivity index is 1.45. The summed E-state index contributed by atoms with van der Waals surface area (Å²) < 4.78 is 14.8. The van der Waals surface area contributed by atoms with Gasteiger partial charge in [0.25, 0.3) is 5.91 Å². The van der Waals surface area contributed by atoms with Crippen LogP contribution in [-0.4, -0.2) is 25.7 Å². The van der Waals surface area contributed by atoms with Gasteiger partial charge in [-0.2, -0.15) is 5.10 Å². The molecule has 0 atom stereocenters. The van der Waals surface area contributed by atoms with Crippen LogP contribution in [0, 0.1) is 12.7 Å². The summed E-state index contributed by atoms with van der Waals surface area (Å²) in [7, 11) is 0. The Hall–Kier alpha value is -3.39. The fraction of sp³-hybridized carbons (Fsp3) is 0.143. The van der Waals surface area contributed by atoms with Gasteiger partial charge in [-0.1, -0.05) is 18.2 Å². The molecule has 0 saturated carbocycles. The molecule has 3 heterocycles. The van der Waals surface area contributed by atoms with Gasteiger partial charge in [0.1, 0.15) is 21.4 Å². The minimum atomic E-state index is -0.262. The smallest absolute Gasteiger partial charge is 0.263 e. The van der Waals surface area contributed by atoms with Crippen LogP contribution < -0.4 is 5.32 Å². The van der Waals surface area contributed by atoms with Crippen molar-refractivity contribution < 1.29 is 9.18 Å². The molecule has 29 heavy (non-hydrogen) atoms. The van der Waals surface area contributed by atoms with E-state index in [1.807, 2.05) is 31.3 Å². The van der Waals surface area contributed by atoms with Crippen LogP contribution in [0.4, 0.5) is 4.39 Å². The second-order valence-corrected chi connectivity index (χ2v) is 7.50. The number of hydrogen-bond acceptors (Lipinski definition) is 5. The summed E-state index contributed by atoms with van der Waals surface area (Å²) in [6.45, 7) is 2.75. The molecule has 0 radical (unpaired) electrons. The number of carbonyl (C=O) groups is 1. The average Bonchev–Trinajstić information content (AvgIpc) is 3.35. The Morgan fingerprint density at radius 3 is 2.76 bits per heavy atom. The molecule has 1 N–H and O–H groups in total. The minimum Gasteiger partial charge on any atom is -0.347 e. The van der Waals surface area contributed by atoms with Gasteiger partial charge in [0.05, 0.1) is 12.2 Å². The molecule has 1 aromatic carbocycles. The van der Waals surface area contributed by atoms with E-state index >= 15 is 0 Å². The number of thiazole rings is 1. The van der Waals surface area contributed by atoms with Gasteiger partial charge < -0.3 is 5.32 Å². The van der Waals surface area contributed by atoms with E-state index in [4.69, 9.17) is 0 Å². The molecule has 4 rings (SSSR count). The van der Waals surface area contributed by atoms with Crippen molar-refractivity contribution in [3.05, 3.63) is 88.6 Å². The molecule has 0 spiro atoms. The predicted molar refractivity (Wildman–Crippen MR) is 109 cm³/mol. The highest BCUT2D eigenvalue weighted by Crippen LogP contribution is 2.27. The summed E-state index contributed by atoms with van der Waals surface area (Å²) in [5.74, 6) is -0.427. The van der Waals surface area contributed by atoms with Crippen molar-refractivity contribution in [3.63, 3.8) is 0 Å². The molecule has 0 aliphatic rings. The zero-order chi connectivity index (χ0) is 20.2. The summed E-state index contributed by atoms with van der Waals surface area (Å²) in [6, 6.07) is 11.9. The first kappa shape index (κ1) is 18.9. The largest absolute Gasteiger partial charge is 0.347 e. The Morgan fingerprint density at radius 1 is 1.17 bits per heavy atom. The van der Waals surface area contributed by atoms with Gasteiger partial charge in [0.2, 0.25) is 0 Å². The number of nitrogens with zero attached hydrogens (tertiary/aromatic N) is 4. The number of hydrogen-bond donors (Lipinski definition) is 1. The van der Waals surface area contributed by atoms with Gasteiger partial charge in [0, 0.05) is 25.1 Å². The van der Waals surface area contributed by atoms with E-state index in [9.17, 15) is 9.18 Å². The summed E-state index contributed by atoms with van der Waals surface area (Å²) in [6.07, 6.45) is 5.26. The van der Waals surface area contributed by atoms with Crippen molar-refractivity contribution in [1.29, 1.82) is 0 Å². The number of rotatable bonds is 6. The van der Waals surface area contributed by atoms with Gasteiger partial charge >= 0.3 is 0 Å². The van der Waals surface area contributed by atoms with E-state index < -0.39 is 0 Å². The first-order valence-corrected chi connectivity index (χ1v) is 9.83.